The number of halogens is 1. The highest BCUT2D eigenvalue weighted by atomic mass is 19.1. The maximum absolute atomic E-state index is 13.4. The molecule has 1 aromatic rings. The zero-order valence-corrected chi connectivity index (χ0v) is 14.4. The summed E-state index contributed by atoms with van der Waals surface area (Å²) >= 11 is 0. The number of carbonyl (C=O) groups excluding carboxylic acids is 2. The molecule has 1 aliphatic heterocycles. The summed E-state index contributed by atoms with van der Waals surface area (Å²) in [5.74, 6) is -1.54. The summed E-state index contributed by atoms with van der Waals surface area (Å²) in [5, 5.41) is 6.13. The van der Waals surface area contributed by atoms with Crippen molar-refractivity contribution in [1.29, 1.82) is 0 Å². The van der Waals surface area contributed by atoms with Gasteiger partial charge in [0.25, 0.3) is 0 Å². The fourth-order valence-corrected chi connectivity index (χ4v) is 4.16. The summed E-state index contributed by atoms with van der Waals surface area (Å²) in [6.07, 6.45) is 5.75. The van der Waals surface area contributed by atoms with Crippen molar-refractivity contribution in [2.75, 3.05) is 18.4 Å². The van der Waals surface area contributed by atoms with E-state index in [0.717, 1.165) is 49.9 Å². The number of rotatable bonds is 6. The number of carbonyl (C=O) groups is 2. The van der Waals surface area contributed by atoms with Crippen molar-refractivity contribution in [1.82, 2.24) is 5.32 Å². The van der Waals surface area contributed by atoms with Crippen LogP contribution in [0.4, 0.5) is 10.1 Å². The fourth-order valence-electron chi connectivity index (χ4n) is 4.16. The van der Waals surface area contributed by atoms with Crippen molar-refractivity contribution in [3.8, 4) is 0 Å². The van der Waals surface area contributed by atoms with Gasteiger partial charge in [0.05, 0.1) is 0 Å². The third-order valence-electron chi connectivity index (χ3n) is 5.49. The van der Waals surface area contributed by atoms with Crippen molar-refractivity contribution < 1.29 is 14.0 Å². The van der Waals surface area contributed by atoms with Crippen LogP contribution >= 0.6 is 0 Å². The van der Waals surface area contributed by atoms with Gasteiger partial charge in [-0.3, -0.25) is 9.59 Å². The van der Waals surface area contributed by atoms with Crippen LogP contribution in [-0.4, -0.2) is 24.9 Å². The Bertz CT molecular complexity index is 644. The van der Waals surface area contributed by atoms with E-state index in [2.05, 4.69) is 10.6 Å². The van der Waals surface area contributed by atoms with Crippen LogP contribution in [0.5, 0.6) is 0 Å². The van der Waals surface area contributed by atoms with Crippen molar-refractivity contribution in [2.24, 2.45) is 17.6 Å². The Morgan fingerprint density at radius 2 is 2.04 bits per heavy atom. The van der Waals surface area contributed by atoms with Gasteiger partial charge in [-0.1, -0.05) is 19.3 Å². The van der Waals surface area contributed by atoms with E-state index < -0.39 is 11.8 Å². The Morgan fingerprint density at radius 3 is 2.76 bits per heavy atom. The molecule has 0 saturated heterocycles. The molecule has 1 aromatic carbocycles. The smallest absolute Gasteiger partial charge is 0.232 e. The van der Waals surface area contributed by atoms with Gasteiger partial charge < -0.3 is 16.4 Å². The Labute approximate surface area is 147 Å². The zero-order chi connectivity index (χ0) is 17.8. The normalized spacial score (nSPS) is 21.2. The molecule has 2 aliphatic rings. The van der Waals surface area contributed by atoms with Crippen LogP contribution in [0.2, 0.25) is 0 Å². The molecule has 2 atom stereocenters. The maximum atomic E-state index is 13.4. The number of benzene rings is 1. The minimum absolute atomic E-state index is 0.0641. The Hall–Kier alpha value is -2.11. The second-order valence-electron chi connectivity index (χ2n) is 7.17. The lowest BCUT2D eigenvalue weighted by atomic mass is 9.79. The average Bonchev–Trinajstić information content (AvgIpc) is 2.98. The van der Waals surface area contributed by atoms with Gasteiger partial charge >= 0.3 is 0 Å². The van der Waals surface area contributed by atoms with Crippen LogP contribution in [0.1, 0.15) is 50.0 Å². The lowest BCUT2D eigenvalue weighted by Crippen LogP contribution is -2.44. The number of amides is 2. The topological polar surface area (TPSA) is 84.2 Å². The minimum Gasteiger partial charge on any atom is -0.384 e. The summed E-state index contributed by atoms with van der Waals surface area (Å²) in [6, 6.07) is 4.74. The lowest BCUT2D eigenvalue weighted by Gasteiger charge is -2.27. The van der Waals surface area contributed by atoms with E-state index in [1.54, 1.807) is 12.1 Å². The number of fused-ring (bicyclic) bond motifs is 1. The highest BCUT2D eigenvalue weighted by Crippen LogP contribution is 2.34. The molecule has 0 spiro atoms. The van der Waals surface area contributed by atoms with E-state index in [1.165, 1.54) is 6.07 Å². The zero-order valence-electron chi connectivity index (χ0n) is 14.4. The minimum atomic E-state index is -0.730. The van der Waals surface area contributed by atoms with Crippen LogP contribution in [0, 0.1) is 17.7 Å². The van der Waals surface area contributed by atoms with Gasteiger partial charge in [0.15, 0.2) is 0 Å². The monoisotopic (exact) mass is 347 g/mol. The fraction of sp³-hybridized carbons (Fsp3) is 0.579. The third-order valence-corrected chi connectivity index (χ3v) is 5.49. The third kappa shape index (κ3) is 4.11. The van der Waals surface area contributed by atoms with Crippen LogP contribution < -0.4 is 16.4 Å². The highest BCUT2D eigenvalue weighted by Gasteiger charge is 2.34. The summed E-state index contributed by atoms with van der Waals surface area (Å²) in [5.41, 5.74) is 7.40. The second kappa shape index (κ2) is 7.85. The van der Waals surface area contributed by atoms with Gasteiger partial charge in [-0.15, -0.1) is 0 Å². The van der Waals surface area contributed by atoms with Crippen LogP contribution in [0.15, 0.2) is 18.2 Å². The number of nitrogens with one attached hydrogen (secondary N) is 2. The van der Waals surface area contributed by atoms with Crippen molar-refractivity contribution in [2.45, 2.75) is 44.4 Å². The second-order valence-corrected chi connectivity index (χ2v) is 7.17. The first kappa shape index (κ1) is 17.7. The van der Waals surface area contributed by atoms with Gasteiger partial charge in [-0.25, -0.2) is 4.39 Å². The Morgan fingerprint density at radius 1 is 1.28 bits per heavy atom. The first-order valence-corrected chi connectivity index (χ1v) is 9.16. The molecule has 25 heavy (non-hydrogen) atoms. The molecule has 4 N–H and O–H groups in total. The molecule has 136 valence electrons. The number of hydrogen-bond acceptors (Lipinski definition) is 3. The van der Waals surface area contributed by atoms with Crippen LogP contribution in [0.3, 0.4) is 0 Å². The molecular weight excluding hydrogens is 321 g/mol. The van der Waals surface area contributed by atoms with Gasteiger partial charge in [-0.05, 0) is 48.9 Å². The molecule has 5 nitrogen and oxygen atoms in total. The van der Waals surface area contributed by atoms with Gasteiger partial charge in [0.1, 0.15) is 11.7 Å². The summed E-state index contributed by atoms with van der Waals surface area (Å²) in [7, 11) is 0. The van der Waals surface area contributed by atoms with Gasteiger partial charge in [-0.2, -0.15) is 0 Å². The summed E-state index contributed by atoms with van der Waals surface area (Å²) in [4.78, 5) is 24.2. The predicted octanol–water partition coefficient (Wildman–Crippen LogP) is 2.52. The quantitative estimate of drug-likeness (QED) is 0.691. The highest BCUT2D eigenvalue weighted by molar-refractivity contribution is 5.99. The molecule has 1 saturated carbocycles. The SMILES string of the molecule is NC(=O)C(C(=O)NCCC1CNc2ccc(F)cc21)C1CCCCC1. The largest absolute Gasteiger partial charge is 0.384 e. The molecule has 1 heterocycles. The molecule has 2 unspecified atom stereocenters. The molecule has 1 aliphatic carbocycles. The van der Waals surface area contributed by atoms with Gasteiger partial charge in [0.2, 0.25) is 11.8 Å². The van der Waals surface area contributed by atoms with E-state index in [4.69, 9.17) is 5.73 Å². The van der Waals surface area contributed by atoms with E-state index in [-0.39, 0.29) is 23.6 Å². The maximum Gasteiger partial charge on any atom is 0.232 e. The molecule has 3 rings (SSSR count). The average molecular weight is 347 g/mol. The molecule has 0 aromatic heterocycles. The van der Waals surface area contributed by atoms with Crippen molar-refractivity contribution >= 4 is 17.5 Å². The predicted molar refractivity (Wildman–Crippen MR) is 94.5 cm³/mol. The lowest BCUT2D eigenvalue weighted by molar-refractivity contribution is -0.136. The van der Waals surface area contributed by atoms with Crippen LogP contribution in [-0.2, 0) is 9.59 Å². The molecule has 1 fully saturated rings. The first-order chi connectivity index (χ1) is 12.1. The van der Waals surface area contributed by atoms with Gasteiger partial charge in [0, 0.05) is 24.7 Å². The van der Waals surface area contributed by atoms with Crippen molar-refractivity contribution in [3.05, 3.63) is 29.6 Å². The molecular formula is C19H26FN3O2. The van der Waals surface area contributed by atoms with E-state index in [9.17, 15) is 14.0 Å². The standard InChI is InChI=1S/C19H26FN3O2/c20-14-6-7-16-15(10-14)13(11-23-16)8-9-22-19(25)17(18(21)24)12-4-2-1-3-5-12/h6-7,10,12-13,17,23H,1-5,8-9,11H2,(H2,21,24)(H,22,25). The first-order valence-electron chi connectivity index (χ1n) is 9.16. The number of primary amides is 1. The number of nitrogens with two attached hydrogens (primary N) is 1. The summed E-state index contributed by atoms with van der Waals surface area (Å²) in [6.45, 7) is 1.19. The van der Waals surface area contributed by atoms with E-state index >= 15 is 0 Å². The van der Waals surface area contributed by atoms with E-state index in [0.29, 0.717) is 13.0 Å². The molecule has 2 amide bonds. The Balaban J connectivity index is 1.54. The van der Waals surface area contributed by atoms with Crippen LogP contribution in [0.25, 0.3) is 0 Å². The Kier molecular flexibility index (Phi) is 5.56. The molecule has 0 bridgehead atoms. The molecule has 0 radical (unpaired) electrons. The summed E-state index contributed by atoms with van der Waals surface area (Å²) < 4.78 is 13.4. The number of hydrogen-bond donors (Lipinski definition) is 3. The number of anilines is 1. The van der Waals surface area contributed by atoms with E-state index in [1.807, 2.05) is 0 Å². The molecule has 6 heteroatoms. The van der Waals surface area contributed by atoms with Crippen molar-refractivity contribution in [3.63, 3.8) is 0 Å².